The minimum absolute atomic E-state index is 0.0784. The third kappa shape index (κ3) is 8.22. The summed E-state index contributed by atoms with van der Waals surface area (Å²) in [6, 6.07) is 6.18. The molecule has 1 aromatic rings. The van der Waals surface area contributed by atoms with Crippen molar-refractivity contribution < 1.29 is 13.2 Å². The van der Waals surface area contributed by atoms with Crippen molar-refractivity contribution in [1.82, 2.24) is 15.4 Å². The number of benzene rings is 1. The summed E-state index contributed by atoms with van der Waals surface area (Å²) in [7, 11) is -1.49. The molecule has 0 radical (unpaired) electrons. The Hall–Kier alpha value is -1.80. The van der Waals surface area contributed by atoms with Crippen molar-refractivity contribution in [2.45, 2.75) is 27.2 Å². The summed E-state index contributed by atoms with van der Waals surface area (Å²) in [6.07, 6.45) is 0.837. The van der Waals surface area contributed by atoms with Crippen LogP contribution in [0, 0.1) is 6.92 Å². The van der Waals surface area contributed by atoms with Crippen LogP contribution in [0.25, 0.3) is 0 Å². The lowest BCUT2D eigenvalue weighted by Crippen LogP contribution is -2.39. The van der Waals surface area contributed by atoms with Crippen molar-refractivity contribution in [1.29, 1.82) is 0 Å². The Balaban J connectivity index is 2.48. The third-order valence-electron chi connectivity index (χ3n) is 3.61. The van der Waals surface area contributed by atoms with E-state index in [4.69, 9.17) is 4.74 Å². The fourth-order valence-corrected chi connectivity index (χ4v) is 2.76. The fourth-order valence-electron chi connectivity index (χ4n) is 2.16. The van der Waals surface area contributed by atoms with Gasteiger partial charge in [0.2, 0.25) is 10.0 Å². The predicted molar refractivity (Wildman–Crippen MR) is 103 cm³/mol. The number of nitrogens with zero attached hydrogens (tertiary/aromatic N) is 1. The maximum absolute atomic E-state index is 11.4. The lowest BCUT2D eigenvalue weighted by Gasteiger charge is -2.12. The second-order valence-corrected chi connectivity index (χ2v) is 7.63. The van der Waals surface area contributed by atoms with Gasteiger partial charge in [-0.3, -0.25) is 4.99 Å². The topological polar surface area (TPSA) is 91.8 Å². The van der Waals surface area contributed by atoms with Crippen LogP contribution in [0.15, 0.2) is 23.2 Å². The van der Waals surface area contributed by atoms with Crippen LogP contribution in [0.5, 0.6) is 5.75 Å². The molecular weight excluding hydrogens is 340 g/mol. The highest BCUT2D eigenvalue weighted by molar-refractivity contribution is 7.89. The van der Waals surface area contributed by atoms with Crippen molar-refractivity contribution in [3.8, 4) is 5.75 Å². The third-order valence-corrected chi connectivity index (χ3v) is 5.01. The van der Waals surface area contributed by atoms with Crippen molar-refractivity contribution >= 4 is 16.0 Å². The van der Waals surface area contributed by atoms with Gasteiger partial charge in [0.25, 0.3) is 0 Å². The van der Waals surface area contributed by atoms with Gasteiger partial charge in [-0.1, -0.05) is 12.1 Å². The van der Waals surface area contributed by atoms with Gasteiger partial charge in [-0.25, -0.2) is 13.1 Å². The molecule has 0 aromatic heterocycles. The standard InChI is InChI=1S/C17H30N4O3S/c1-5-18-17(20-11-12-21-25(22,23)6-2)19-10-9-15-8-7-14(3)16(13-15)24-4/h7-8,13,21H,5-6,9-12H2,1-4H3,(H2,18,19,20). The molecule has 1 rings (SSSR count). The van der Waals surface area contributed by atoms with Crippen LogP contribution in [0.1, 0.15) is 25.0 Å². The maximum Gasteiger partial charge on any atom is 0.211 e. The second-order valence-electron chi connectivity index (χ2n) is 5.54. The number of aryl methyl sites for hydroxylation is 1. The molecule has 7 nitrogen and oxygen atoms in total. The SMILES string of the molecule is CCNC(=NCCNS(=O)(=O)CC)NCCc1ccc(C)c(OC)c1. The Labute approximate surface area is 151 Å². The molecule has 142 valence electrons. The zero-order valence-electron chi connectivity index (χ0n) is 15.6. The van der Waals surface area contributed by atoms with E-state index in [1.54, 1.807) is 14.0 Å². The van der Waals surface area contributed by atoms with Gasteiger partial charge in [0.05, 0.1) is 19.4 Å². The van der Waals surface area contributed by atoms with Gasteiger partial charge in [-0.15, -0.1) is 0 Å². The van der Waals surface area contributed by atoms with Gasteiger partial charge in [0.1, 0.15) is 5.75 Å². The second kappa shape index (κ2) is 10.9. The molecule has 0 aliphatic carbocycles. The zero-order valence-corrected chi connectivity index (χ0v) is 16.4. The average molecular weight is 371 g/mol. The number of sulfonamides is 1. The van der Waals surface area contributed by atoms with E-state index in [2.05, 4.69) is 26.4 Å². The summed E-state index contributed by atoms with van der Waals surface area (Å²) in [4.78, 5) is 4.37. The molecule has 0 aliphatic heterocycles. The van der Waals surface area contributed by atoms with Crippen molar-refractivity contribution in [2.24, 2.45) is 4.99 Å². The number of hydrogen-bond donors (Lipinski definition) is 3. The molecule has 0 saturated heterocycles. The first-order chi connectivity index (χ1) is 11.9. The number of nitrogens with one attached hydrogen (secondary N) is 3. The predicted octanol–water partition coefficient (Wildman–Crippen LogP) is 1.04. The van der Waals surface area contributed by atoms with Crippen molar-refractivity contribution in [3.63, 3.8) is 0 Å². The summed E-state index contributed by atoms with van der Waals surface area (Å²) in [5.74, 6) is 1.65. The Morgan fingerprint density at radius 3 is 2.60 bits per heavy atom. The highest BCUT2D eigenvalue weighted by Crippen LogP contribution is 2.18. The van der Waals surface area contributed by atoms with Gasteiger partial charge in [0.15, 0.2) is 5.96 Å². The van der Waals surface area contributed by atoms with Crippen molar-refractivity contribution in [2.75, 3.05) is 39.0 Å². The van der Waals surface area contributed by atoms with E-state index in [0.29, 0.717) is 19.0 Å². The Kier molecular flexibility index (Phi) is 9.30. The van der Waals surface area contributed by atoms with Gasteiger partial charge in [-0.2, -0.15) is 0 Å². The Morgan fingerprint density at radius 2 is 1.96 bits per heavy atom. The van der Waals surface area contributed by atoms with Gasteiger partial charge in [0, 0.05) is 19.6 Å². The molecule has 1 aromatic carbocycles. The molecule has 8 heteroatoms. The van der Waals surface area contributed by atoms with E-state index >= 15 is 0 Å². The minimum Gasteiger partial charge on any atom is -0.496 e. The molecule has 0 bridgehead atoms. The number of guanidine groups is 1. The summed E-state index contributed by atoms with van der Waals surface area (Å²) in [5, 5.41) is 6.40. The fraction of sp³-hybridized carbons (Fsp3) is 0.588. The molecule has 0 amide bonds. The van der Waals surface area contributed by atoms with Crippen LogP contribution in [0.2, 0.25) is 0 Å². The van der Waals surface area contributed by atoms with Crippen LogP contribution in [0.3, 0.4) is 0 Å². The van der Waals surface area contributed by atoms with Crippen LogP contribution in [-0.4, -0.2) is 53.4 Å². The largest absolute Gasteiger partial charge is 0.496 e. The van der Waals surface area contributed by atoms with E-state index in [0.717, 1.165) is 30.8 Å². The maximum atomic E-state index is 11.4. The van der Waals surface area contributed by atoms with E-state index in [1.807, 2.05) is 26.0 Å². The zero-order chi connectivity index (χ0) is 18.7. The van der Waals surface area contributed by atoms with E-state index in [9.17, 15) is 8.42 Å². The molecule has 0 unspecified atom stereocenters. The minimum atomic E-state index is -3.16. The number of rotatable bonds is 10. The molecule has 0 fully saturated rings. The number of ether oxygens (including phenoxy) is 1. The summed E-state index contributed by atoms with van der Waals surface area (Å²) in [6.45, 7) is 7.75. The highest BCUT2D eigenvalue weighted by Gasteiger charge is 2.05. The quantitative estimate of drug-likeness (QED) is 0.325. The number of hydrogen-bond acceptors (Lipinski definition) is 4. The molecule has 0 saturated carbocycles. The van der Waals surface area contributed by atoms with Crippen LogP contribution in [0.4, 0.5) is 0 Å². The van der Waals surface area contributed by atoms with Crippen LogP contribution >= 0.6 is 0 Å². The lowest BCUT2D eigenvalue weighted by molar-refractivity contribution is 0.411. The molecule has 0 heterocycles. The molecule has 0 atom stereocenters. The lowest BCUT2D eigenvalue weighted by atomic mass is 10.1. The normalized spacial score (nSPS) is 12.1. The van der Waals surface area contributed by atoms with Gasteiger partial charge < -0.3 is 15.4 Å². The average Bonchev–Trinajstić information content (AvgIpc) is 2.60. The summed E-state index contributed by atoms with van der Waals surface area (Å²) in [5.41, 5.74) is 2.30. The molecule has 25 heavy (non-hydrogen) atoms. The smallest absolute Gasteiger partial charge is 0.211 e. The van der Waals surface area contributed by atoms with E-state index < -0.39 is 10.0 Å². The monoisotopic (exact) mass is 370 g/mol. The number of methoxy groups -OCH3 is 1. The van der Waals surface area contributed by atoms with Gasteiger partial charge in [-0.05, 0) is 44.4 Å². The number of aliphatic imine (C=N–C) groups is 1. The van der Waals surface area contributed by atoms with Gasteiger partial charge >= 0.3 is 0 Å². The first-order valence-corrected chi connectivity index (χ1v) is 10.2. The van der Waals surface area contributed by atoms with E-state index in [1.165, 1.54) is 5.56 Å². The Morgan fingerprint density at radius 1 is 1.20 bits per heavy atom. The van der Waals surface area contributed by atoms with E-state index in [-0.39, 0.29) is 5.75 Å². The Bertz CT molecular complexity index is 660. The van der Waals surface area contributed by atoms with Crippen LogP contribution in [-0.2, 0) is 16.4 Å². The molecule has 0 aliphatic rings. The summed E-state index contributed by atoms with van der Waals surface area (Å²) < 4.78 is 30.6. The van der Waals surface area contributed by atoms with Crippen LogP contribution < -0.4 is 20.1 Å². The first kappa shape index (κ1) is 21.2. The van der Waals surface area contributed by atoms with Crippen molar-refractivity contribution in [3.05, 3.63) is 29.3 Å². The highest BCUT2D eigenvalue weighted by atomic mass is 32.2. The first-order valence-electron chi connectivity index (χ1n) is 8.54. The summed E-state index contributed by atoms with van der Waals surface area (Å²) >= 11 is 0. The molecule has 0 spiro atoms. The molecule has 3 N–H and O–H groups in total. The molecular formula is C17H30N4O3S.